The van der Waals surface area contributed by atoms with Gasteiger partial charge in [-0.15, -0.1) is 10.3 Å². The Morgan fingerprint density at radius 1 is 1.15 bits per heavy atom. The zero-order chi connectivity index (χ0) is 15.2. The Morgan fingerprint density at radius 3 is 2.40 bits per heavy atom. The van der Waals surface area contributed by atoms with E-state index in [0.717, 1.165) is 24.3 Å². The molecule has 0 aromatic carbocycles. The molecule has 0 saturated heterocycles. The van der Waals surface area contributed by atoms with Crippen molar-refractivity contribution in [2.75, 3.05) is 6.61 Å². The number of unbranched alkanes of at least 4 members (excludes halogenated alkanes) is 1. The van der Waals surface area contributed by atoms with Crippen LogP contribution >= 0.6 is 11.5 Å². The summed E-state index contributed by atoms with van der Waals surface area (Å²) in [6.07, 6.45) is 5.64. The van der Waals surface area contributed by atoms with E-state index >= 15 is 0 Å². The van der Waals surface area contributed by atoms with Crippen LogP contribution in [0.4, 0.5) is 0 Å². The van der Waals surface area contributed by atoms with E-state index in [0.29, 0.717) is 18.5 Å². The number of hydrogen-bond donors (Lipinski definition) is 0. The lowest BCUT2D eigenvalue weighted by Crippen LogP contribution is -1.98. The molecular weight excluding hydrogens is 268 g/mol. The van der Waals surface area contributed by atoms with Crippen LogP contribution in [0.2, 0.25) is 0 Å². The first-order valence-electron chi connectivity index (χ1n) is 7.58. The normalized spacial score (nSPS) is 10.8. The quantitative estimate of drug-likeness (QED) is 0.712. The highest BCUT2D eigenvalue weighted by atomic mass is 32.1. The van der Waals surface area contributed by atoms with Crippen LogP contribution in [0, 0.1) is 17.8 Å². The molecule has 1 aromatic heterocycles. The van der Waals surface area contributed by atoms with Gasteiger partial charge in [-0.05, 0) is 17.5 Å². The van der Waals surface area contributed by atoms with Crippen molar-refractivity contribution in [3.05, 3.63) is 5.01 Å². The minimum absolute atomic E-state index is 0.382. The first-order chi connectivity index (χ1) is 9.67. The van der Waals surface area contributed by atoms with Gasteiger partial charge >= 0.3 is 6.01 Å². The van der Waals surface area contributed by atoms with Gasteiger partial charge in [0.15, 0.2) is 6.61 Å². The van der Waals surface area contributed by atoms with Crippen molar-refractivity contribution in [3.8, 4) is 17.9 Å². The van der Waals surface area contributed by atoms with Gasteiger partial charge in [0.1, 0.15) is 5.01 Å². The summed E-state index contributed by atoms with van der Waals surface area (Å²) in [5.41, 5.74) is 0. The molecule has 0 saturated carbocycles. The molecular formula is C16H28N2OS. The number of aromatic nitrogens is 2. The van der Waals surface area contributed by atoms with Gasteiger partial charge in [-0.2, -0.15) is 4.98 Å². The maximum Gasteiger partial charge on any atom is 0.329 e. The fraction of sp³-hybridized carbons (Fsp3) is 0.750. The van der Waals surface area contributed by atoms with Gasteiger partial charge < -0.3 is 4.74 Å². The molecule has 0 amide bonds. The van der Waals surface area contributed by atoms with E-state index in [2.05, 4.69) is 48.9 Å². The van der Waals surface area contributed by atoms with Crippen LogP contribution in [0.3, 0.4) is 0 Å². The van der Waals surface area contributed by atoms with Crippen LogP contribution in [0.15, 0.2) is 0 Å². The van der Waals surface area contributed by atoms with E-state index in [1.54, 1.807) is 0 Å². The second-order valence-corrected chi connectivity index (χ2v) is 5.52. The smallest absolute Gasteiger partial charge is 0.329 e. The molecule has 0 bridgehead atoms. The van der Waals surface area contributed by atoms with E-state index in [1.807, 2.05) is 6.92 Å². The van der Waals surface area contributed by atoms with E-state index in [1.165, 1.54) is 24.4 Å². The third-order valence-corrected chi connectivity index (χ3v) is 3.46. The van der Waals surface area contributed by atoms with Crippen molar-refractivity contribution in [2.45, 2.75) is 66.7 Å². The lowest BCUT2D eigenvalue weighted by atomic mass is 10.1. The van der Waals surface area contributed by atoms with Gasteiger partial charge in [0.05, 0.1) is 0 Å². The van der Waals surface area contributed by atoms with Crippen LogP contribution < -0.4 is 4.74 Å². The zero-order valence-corrected chi connectivity index (χ0v) is 14.3. The van der Waals surface area contributed by atoms with E-state index in [9.17, 15) is 0 Å². The van der Waals surface area contributed by atoms with Crippen LogP contribution in [0.25, 0.3) is 0 Å². The summed E-state index contributed by atoms with van der Waals surface area (Å²) in [6, 6.07) is 0.466. The van der Waals surface area contributed by atoms with Crippen LogP contribution in [0.1, 0.15) is 65.3 Å². The molecule has 1 unspecified atom stereocenters. The SMILES string of the molecule is CCC#CCOc1nsc(CC(C)CC)n1.CCCC. The van der Waals surface area contributed by atoms with Gasteiger partial charge in [0.25, 0.3) is 0 Å². The maximum atomic E-state index is 5.32. The molecule has 0 fully saturated rings. The van der Waals surface area contributed by atoms with Crippen molar-refractivity contribution in [3.63, 3.8) is 0 Å². The fourth-order valence-electron chi connectivity index (χ4n) is 1.10. The van der Waals surface area contributed by atoms with Gasteiger partial charge in [-0.25, -0.2) is 0 Å². The van der Waals surface area contributed by atoms with E-state index in [4.69, 9.17) is 4.74 Å². The number of hydrogen-bond acceptors (Lipinski definition) is 4. The second kappa shape index (κ2) is 12.9. The van der Waals surface area contributed by atoms with E-state index in [-0.39, 0.29) is 0 Å². The lowest BCUT2D eigenvalue weighted by molar-refractivity contribution is 0.343. The number of rotatable bonds is 6. The Hall–Kier alpha value is -1.08. The number of nitrogens with zero attached hydrogens (tertiary/aromatic N) is 2. The average Bonchev–Trinajstić information content (AvgIpc) is 2.91. The third-order valence-electron chi connectivity index (χ3n) is 2.74. The summed E-state index contributed by atoms with van der Waals surface area (Å²) in [5.74, 6) is 6.49. The molecule has 0 aliphatic carbocycles. The van der Waals surface area contributed by atoms with Crippen LogP contribution in [-0.4, -0.2) is 16.0 Å². The van der Waals surface area contributed by atoms with Crippen LogP contribution in [-0.2, 0) is 6.42 Å². The predicted molar refractivity (Wildman–Crippen MR) is 87.2 cm³/mol. The van der Waals surface area contributed by atoms with Crippen molar-refractivity contribution in [1.82, 2.24) is 9.36 Å². The third kappa shape index (κ3) is 9.80. The molecule has 1 heterocycles. The molecule has 20 heavy (non-hydrogen) atoms. The zero-order valence-electron chi connectivity index (χ0n) is 13.5. The second-order valence-electron chi connectivity index (χ2n) is 4.68. The topological polar surface area (TPSA) is 35.0 Å². The number of ether oxygens (including phenoxy) is 1. The molecule has 4 heteroatoms. The summed E-state index contributed by atoms with van der Waals surface area (Å²) >= 11 is 1.42. The predicted octanol–water partition coefficient (Wildman–Crippen LogP) is 4.73. The summed E-state index contributed by atoms with van der Waals surface area (Å²) in [7, 11) is 0. The van der Waals surface area contributed by atoms with Crippen molar-refractivity contribution in [1.29, 1.82) is 0 Å². The largest absolute Gasteiger partial charge is 0.450 e. The Labute approximate surface area is 128 Å². The molecule has 114 valence electrons. The maximum absolute atomic E-state index is 5.32. The van der Waals surface area contributed by atoms with Gasteiger partial charge in [0, 0.05) is 12.8 Å². The first kappa shape index (κ1) is 18.9. The Kier molecular flexibility index (Phi) is 12.2. The Balaban J connectivity index is 0.000000796. The van der Waals surface area contributed by atoms with Crippen molar-refractivity contribution < 1.29 is 4.74 Å². The first-order valence-corrected chi connectivity index (χ1v) is 8.36. The molecule has 0 aliphatic rings. The highest BCUT2D eigenvalue weighted by molar-refractivity contribution is 7.05. The Morgan fingerprint density at radius 2 is 1.85 bits per heavy atom. The monoisotopic (exact) mass is 296 g/mol. The van der Waals surface area contributed by atoms with Crippen LogP contribution in [0.5, 0.6) is 6.01 Å². The standard InChI is InChI=1S/C12H18N2OS.C4H10/c1-4-6-7-8-15-12-13-11(16-14-12)9-10(3)5-2;1-3-4-2/h10H,4-5,8-9H2,1-3H3;3-4H2,1-2H3. The van der Waals surface area contributed by atoms with Gasteiger partial charge in [-0.1, -0.05) is 59.8 Å². The minimum Gasteiger partial charge on any atom is -0.450 e. The fourth-order valence-corrected chi connectivity index (χ4v) is 1.85. The molecule has 0 radical (unpaired) electrons. The summed E-state index contributed by atoms with van der Waals surface area (Å²) in [5, 5.41) is 1.05. The highest BCUT2D eigenvalue weighted by Crippen LogP contribution is 2.16. The van der Waals surface area contributed by atoms with Gasteiger partial charge in [0.2, 0.25) is 0 Å². The molecule has 3 nitrogen and oxygen atoms in total. The highest BCUT2D eigenvalue weighted by Gasteiger charge is 2.07. The summed E-state index contributed by atoms with van der Waals surface area (Å²) in [4.78, 5) is 4.31. The molecule has 0 spiro atoms. The molecule has 0 N–H and O–H groups in total. The molecule has 1 atom stereocenters. The average molecular weight is 296 g/mol. The minimum atomic E-state index is 0.382. The van der Waals surface area contributed by atoms with Crippen molar-refractivity contribution >= 4 is 11.5 Å². The van der Waals surface area contributed by atoms with Crippen molar-refractivity contribution in [2.24, 2.45) is 5.92 Å². The Bertz CT molecular complexity index is 391. The van der Waals surface area contributed by atoms with E-state index < -0.39 is 0 Å². The summed E-state index contributed by atoms with van der Waals surface area (Å²) < 4.78 is 9.46. The van der Waals surface area contributed by atoms with Gasteiger partial charge in [-0.3, -0.25) is 0 Å². The molecule has 1 aromatic rings. The lowest BCUT2D eigenvalue weighted by Gasteiger charge is -2.02. The summed E-state index contributed by atoms with van der Waals surface area (Å²) in [6.45, 7) is 11.2. The molecule has 0 aliphatic heterocycles. The molecule has 1 rings (SSSR count).